The van der Waals surface area contributed by atoms with Gasteiger partial charge < -0.3 is 10.2 Å². The van der Waals surface area contributed by atoms with E-state index in [0.29, 0.717) is 30.0 Å². The van der Waals surface area contributed by atoms with Gasteiger partial charge in [0.25, 0.3) is 5.91 Å². The van der Waals surface area contributed by atoms with Crippen LogP contribution in [0.3, 0.4) is 0 Å². The molecule has 7 nitrogen and oxygen atoms in total. The van der Waals surface area contributed by atoms with Gasteiger partial charge in [0, 0.05) is 31.9 Å². The molecule has 2 aliphatic rings. The maximum absolute atomic E-state index is 13.7. The predicted octanol–water partition coefficient (Wildman–Crippen LogP) is 3.54. The number of likely N-dealkylation sites (tertiary alicyclic amines) is 1. The Kier molecular flexibility index (Phi) is 4.82. The Morgan fingerprint density at radius 1 is 1.34 bits per heavy atom. The minimum Gasteiger partial charge on any atom is -0.367 e. The topological polar surface area (TPSA) is 68.0 Å². The summed E-state index contributed by atoms with van der Waals surface area (Å²) in [5.74, 6) is 0.252. The maximum atomic E-state index is 13.7. The summed E-state index contributed by atoms with van der Waals surface area (Å²) >= 11 is 0. The number of nitrogens with one attached hydrogen (secondary N) is 1. The summed E-state index contributed by atoms with van der Waals surface area (Å²) in [5.41, 5.74) is 0.968. The molecule has 3 atom stereocenters. The van der Waals surface area contributed by atoms with E-state index in [1.165, 1.54) is 6.20 Å². The van der Waals surface area contributed by atoms with Crippen LogP contribution < -0.4 is 5.32 Å². The van der Waals surface area contributed by atoms with E-state index in [4.69, 9.17) is 0 Å². The highest BCUT2D eigenvalue weighted by Crippen LogP contribution is 2.42. The molecule has 158 valence electrons. The molecule has 1 fully saturated rings. The lowest BCUT2D eigenvalue weighted by molar-refractivity contribution is -0.174. The molecule has 4 heterocycles. The van der Waals surface area contributed by atoms with Gasteiger partial charge in [0.1, 0.15) is 5.82 Å². The fraction of sp³-hybridized carbons (Fsp3) is 0.632. The molecule has 2 aromatic rings. The van der Waals surface area contributed by atoms with E-state index in [2.05, 4.69) is 15.5 Å². The number of halogens is 3. The second-order valence-electron chi connectivity index (χ2n) is 8.25. The van der Waals surface area contributed by atoms with Gasteiger partial charge in [0.05, 0.1) is 23.5 Å². The number of hydrogen-bond donors (Lipinski definition) is 1. The first kappa shape index (κ1) is 19.8. The van der Waals surface area contributed by atoms with Crippen molar-refractivity contribution >= 4 is 11.7 Å². The first-order valence-electron chi connectivity index (χ1n) is 9.87. The number of alkyl halides is 3. The van der Waals surface area contributed by atoms with Crippen LogP contribution in [0.25, 0.3) is 0 Å². The van der Waals surface area contributed by atoms with Crippen LogP contribution in [0.4, 0.5) is 19.0 Å². The highest BCUT2D eigenvalue weighted by atomic mass is 19.4. The van der Waals surface area contributed by atoms with Crippen LogP contribution in [0.1, 0.15) is 61.2 Å². The van der Waals surface area contributed by atoms with Crippen molar-refractivity contribution in [3.63, 3.8) is 0 Å². The van der Waals surface area contributed by atoms with Gasteiger partial charge in [-0.3, -0.25) is 9.48 Å². The molecular weight excluding hydrogens is 385 g/mol. The maximum Gasteiger partial charge on any atom is 0.410 e. The number of amides is 1. The van der Waals surface area contributed by atoms with Gasteiger partial charge in [-0.05, 0) is 25.2 Å². The van der Waals surface area contributed by atoms with Crippen LogP contribution in [0.15, 0.2) is 18.5 Å². The summed E-state index contributed by atoms with van der Waals surface area (Å²) in [5, 5.41) is 11.6. The van der Waals surface area contributed by atoms with E-state index in [-0.39, 0.29) is 30.3 Å². The molecule has 0 bridgehead atoms. The van der Waals surface area contributed by atoms with Crippen molar-refractivity contribution in [1.82, 2.24) is 24.5 Å². The quantitative estimate of drug-likeness (QED) is 0.841. The second kappa shape index (κ2) is 7.07. The number of aryl methyl sites for hydroxylation is 1. The minimum atomic E-state index is -4.38. The summed E-state index contributed by atoms with van der Waals surface area (Å²) < 4.78 is 43.7. The van der Waals surface area contributed by atoms with Gasteiger partial charge in [0.2, 0.25) is 0 Å². The van der Waals surface area contributed by atoms with Crippen molar-refractivity contribution in [3.05, 3.63) is 29.7 Å². The van der Waals surface area contributed by atoms with E-state index in [0.717, 1.165) is 11.1 Å². The summed E-state index contributed by atoms with van der Waals surface area (Å²) in [6.45, 7) is 4.36. The first-order chi connectivity index (χ1) is 13.6. The third-order valence-electron chi connectivity index (χ3n) is 5.85. The highest BCUT2D eigenvalue weighted by Gasteiger charge is 2.47. The fourth-order valence-electron chi connectivity index (χ4n) is 4.24. The zero-order chi connectivity index (χ0) is 20.9. The average molecular weight is 410 g/mol. The van der Waals surface area contributed by atoms with Gasteiger partial charge in [-0.15, -0.1) is 0 Å². The molecule has 0 aromatic carbocycles. The molecule has 0 aliphatic carbocycles. The number of carbonyl (C=O) groups excluding carboxylic acids is 1. The van der Waals surface area contributed by atoms with E-state index >= 15 is 0 Å². The van der Waals surface area contributed by atoms with Crippen LogP contribution in [0.5, 0.6) is 0 Å². The van der Waals surface area contributed by atoms with Crippen molar-refractivity contribution in [2.24, 2.45) is 13.0 Å². The lowest BCUT2D eigenvalue weighted by Crippen LogP contribution is -2.41. The lowest BCUT2D eigenvalue weighted by atomic mass is 9.94. The largest absolute Gasteiger partial charge is 0.410 e. The minimum absolute atomic E-state index is 0.0573. The summed E-state index contributed by atoms with van der Waals surface area (Å²) in [6.07, 6.45) is 0.164. The molecule has 1 amide bonds. The number of anilines is 1. The third kappa shape index (κ3) is 3.60. The van der Waals surface area contributed by atoms with Crippen LogP contribution in [-0.4, -0.2) is 49.1 Å². The van der Waals surface area contributed by atoms with E-state index in [9.17, 15) is 18.0 Å². The van der Waals surface area contributed by atoms with Gasteiger partial charge in [-0.2, -0.15) is 23.4 Å². The summed E-state index contributed by atoms with van der Waals surface area (Å²) in [6, 6.07) is -0.611. The number of fused-ring (bicyclic) bond motifs is 1. The molecule has 29 heavy (non-hydrogen) atoms. The second-order valence-corrected chi connectivity index (χ2v) is 8.25. The van der Waals surface area contributed by atoms with E-state index < -0.39 is 12.2 Å². The van der Waals surface area contributed by atoms with Crippen molar-refractivity contribution in [3.8, 4) is 0 Å². The SMILES string of the molecule is CC(C)[C@@H]1C[C@H](C(F)(F)F)n2nc([C@H]3CCCN3C(=O)c3cnn(C)c3)cc2N1. The molecule has 2 aromatic heterocycles. The van der Waals surface area contributed by atoms with Crippen LogP contribution >= 0.6 is 0 Å². The van der Waals surface area contributed by atoms with Gasteiger partial charge in [-0.1, -0.05) is 13.8 Å². The number of hydrogen-bond acceptors (Lipinski definition) is 4. The molecule has 0 spiro atoms. The Morgan fingerprint density at radius 3 is 2.72 bits per heavy atom. The predicted molar refractivity (Wildman–Crippen MR) is 100 cm³/mol. The summed E-state index contributed by atoms with van der Waals surface area (Å²) in [7, 11) is 1.73. The zero-order valence-corrected chi connectivity index (χ0v) is 16.6. The molecule has 2 aliphatic heterocycles. The monoisotopic (exact) mass is 410 g/mol. The van der Waals surface area contributed by atoms with E-state index in [1.54, 1.807) is 28.9 Å². The van der Waals surface area contributed by atoms with E-state index in [1.807, 2.05) is 13.8 Å². The number of aromatic nitrogens is 4. The van der Waals surface area contributed by atoms with Crippen LogP contribution in [0, 0.1) is 5.92 Å². The normalized spacial score (nSPS) is 24.7. The zero-order valence-electron chi connectivity index (χ0n) is 16.6. The van der Waals surface area contributed by atoms with Crippen molar-refractivity contribution < 1.29 is 18.0 Å². The Hall–Kier alpha value is -2.52. The molecule has 0 unspecified atom stereocenters. The smallest absolute Gasteiger partial charge is 0.367 e. The molecule has 0 saturated carbocycles. The molecule has 0 radical (unpaired) electrons. The van der Waals surface area contributed by atoms with Gasteiger partial charge in [0.15, 0.2) is 6.04 Å². The molecule has 10 heteroatoms. The standard InChI is InChI=1S/C19H25F3N6O/c1-11(2)13-7-16(19(20,21)22)28-17(24-13)8-14(25-28)15-5-4-6-27(15)18(29)12-9-23-26(3)10-12/h8-11,13,15-16,24H,4-7H2,1-3H3/t13-,15+,16+/m0/s1. The van der Waals surface area contributed by atoms with Crippen molar-refractivity contribution in [2.45, 2.75) is 57.4 Å². The lowest BCUT2D eigenvalue weighted by Gasteiger charge is -2.35. The van der Waals surface area contributed by atoms with Gasteiger partial charge >= 0.3 is 6.18 Å². The first-order valence-corrected chi connectivity index (χ1v) is 9.87. The highest BCUT2D eigenvalue weighted by molar-refractivity contribution is 5.94. The number of rotatable bonds is 3. The molecule has 4 rings (SSSR count). The van der Waals surface area contributed by atoms with Crippen LogP contribution in [-0.2, 0) is 7.05 Å². The third-order valence-corrected chi connectivity index (χ3v) is 5.85. The van der Waals surface area contributed by atoms with Crippen LogP contribution in [0.2, 0.25) is 0 Å². The summed E-state index contributed by atoms with van der Waals surface area (Å²) in [4.78, 5) is 14.6. The Labute approximate surface area is 166 Å². The van der Waals surface area contributed by atoms with Crippen molar-refractivity contribution in [2.75, 3.05) is 11.9 Å². The Bertz CT molecular complexity index is 902. The fourth-order valence-corrected chi connectivity index (χ4v) is 4.24. The molecular formula is C19H25F3N6O. The van der Waals surface area contributed by atoms with Crippen molar-refractivity contribution in [1.29, 1.82) is 0 Å². The molecule has 1 N–H and O–H groups in total. The van der Waals surface area contributed by atoms with Gasteiger partial charge in [-0.25, -0.2) is 4.68 Å². The average Bonchev–Trinajstić information content (AvgIpc) is 3.37. The Morgan fingerprint density at radius 2 is 2.10 bits per heavy atom. The Balaban J connectivity index is 1.65. The number of nitrogens with zero attached hydrogens (tertiary/aromatic N) is 5. The molecule has 1 saturated heterocycles. The number of carbonyl (C=O) groups is 1.